The molecule has 4 aromatic rings. The molecule has 1 aliphatic rings. The fourth-order valence-electron chi connectivity index (χ4n) is 4.72. The van der Waals surface area contributed by atoms with E-state index in [0.29, 0.717) is 5.92 Å². The molecule has 3 heterocycles. The van der Waals surface area contributed by atoms with Crippen LogP contribution in [0.2, 0.25) is 0 Å². The van der Waals surface area contributed by atoms with Crippen molar-refractivity contribution in [3.05, 3.63) is 77.7 Å². The van der Waals surface area contributed by atoms with E-state index in [1.807, 2.05) is 23.1 Å². The van der Waals surface area contributed by atoms with Gasteiger partial charge in [0.2, 0.25) is 0 Å². The van der Waals surface area contributed by atoms with Gasteiger partial charge in [-0.1, -0.05) is 18.2 Å². The van der Waals surface area contributed by atoms with Crippen LogP contribution in [0.25, 0.3) is 16.6 Å². The molecule has 5 nitrogen and oxygen atoms in total. The molecule has 0 saturated carbocycles. The molecule has 1 fully saturated rings. The molecule has 0 amide bonds. The lowest BCUT2D eigenvalue weighted by Gasteiger charge is -2.37. The van der Waals surface area contributed by atoms with E-state index in [0.717, 1.165) is 30.9 Å². The van der Waals surface area contributed by atoms with Gasteiger partial charge in [0.25, 0.3) is 0 Å². The first-order chi connectivity index (χ1) is 14.6. The highest BCUT2D eigenvalue weighted by Crippen LogP contribution is 2.36. The molecule has 0 spiro atoms. The summed E-state index contributed by atoms with van der Waals surface area (Å²) in [7, 11) is 2.20. The Morgan fingerprint density at radius 2 is 1.93 bits per heavy atom. The van der Waals surface area contributed by atoms with Gasteiger partial charge in [-0.3, -0.25) is 0 Å². The molecule has 2 atom stereocenters. The Kier molecular flexibility index (Phi) is 4.83. The fraction of sp³-hybridized carbons (Fsp3) is 0.320. The summed E-state index contributed by atoms with van der Waals surface area (Å²) in [5, 5.41) is 5.51. The molecule has 2 aromatic heterocycles. The van der Waals surface area contributed by atoms with E-state index in [4.69, 9.17) is 4.74 Å². The average Bonchev–Trinajstić information content (AvgIpc) is 3.44. The minimum atomic E-state index is 0.149. The number of piperidine rings is 1. The molecule has 1 N–H and O–H groups in total. The maximum atomic E-state index is 6.77. The summed E-state index contributed by atoms with van der Waals surface area (Å²) in [6.07, 6.45) is 6.94. The number of aromatic nitrogens is 3. The van der Waals surface area contributed by atoms with Crippen LogP contribution in [0.15, 0.2) is 61.1 Å². The van der Waals surface area contributed by atoms with Gasteiger partial charge in [0.05, 0.1) is 11.2 Å². The van der Waals surface area contributed by atoms with E-state index in [1.54, 1.807) is 6.20 Å². The molecule has 1 saturated heterocycles. The van der Waals surface area contributed by atoms with Gasteiger partial charge in [-0.15, -0.1) is 0 Å². The molecule has 0 aliphatic carbocycles. The molecule has 5 heteroatoms. The first-order valence-corrected chi connectivity index (χ1v) is 10.6. The van der Waals surface area contributed by atoms with Crippen LogP contribution in [0.3, 0.4) is 0 Å². The maximum Gasteiger partial charge on any atom is 0.132 e. The smallest absolute Gasteiger partial charge is 0.132 e. The lowest BCUT2D eigenvalue weighted by atomic mass is 9.87. The monoisotopic (exact) mass is 400 g/mol. The molecular formula is C25H28N4O. The summed E-state index contributed by atoms with van der Waals surface area (Å²) >= 11 is 0. The van der Waals surface area contributed by atoms with E-state index in [2.05, 4.69) is 72.3 Å². The van der Waals surface area contributed by atoms with Crippen molar-refractivity contribution >= 4 is 10.9 Å². The number of hydrogen-bond acceptors (Lipinski definition) is 3. The number of hydrogen-bond donors (Lipinski definition) is 1. The maximum absolute atomic E-state index is 6.77. The molecule has 5 rings (SSSR count). The number of benzene rings is 2. The summed E-state index contributed by atoms with van der Waals surface area (Å²) in [4.78, 5) is 5.77. The average molecular weight is 401 g/mol. The molecular weight excluding hydrogens is 372 g/mol. The number of H-pyrrole nitrogens is 1. The van der Waals surface area contributed by atoms with Gasteiger partial charge in [0, 0.05) is 43.0 Å². The quantitative estimate of drug-likeness (QED) is 0.533. The Morgan fingerprint density at radius 3 is 2.70 bits per heavy atom. The summed E-state index contributed by atoms with van der Waals surface area (Å²) < 4.78 is 8.66. The van der Waals surface area contributed by atoms with Crippen molar-refractivity contribution in [1.29, 1.82) is 0 Å². The lowest BCUT2D eigenvalue weighted by Crippen LogP contribution is -2.42. The highest BCUT2D eigenvalue weighted by Gasteiger charge is 2.31. The number of nitrogens with one attached hydrogen (secondary N) is 1. The number of aryl methyl sites for hydroxylation is 2. The zero-order valence-electron chi connectivity index (χ0n) is 17.8. The largest absolute Gasteiger partial charge is 0.489 e. The predicted octanol–water partition coefficient (Wildman–Crippen LogP) is 4.84. The third-order valence-corrected chi connectivity index (χ3v) is 6.29. The number of rotatable bonds is 4. The van der Waals surface area contributed by atoms with Crippen molar-refractivity contribution < 1.29 is 4.74 Å². The molecule has 0 unspecified atom stereocenters. The van der Waals surface area contributed by atoms with Gasteiger partial charge in [-0.2, -0.15) is 5.10 Å². The Hall–Kier alpha value is -3.05. The van der Waals surface area contributed by atoms with Crippen LogP contribution in [0.1, 0.15) is 29.0 Å². The second-order valence-corrected chi connectivity index (χ2v) is 8.46. The fourth-order valence-corrected chi connectivity index (χ4v) is 4.72. The molecule has 30 heavy (non-hydrogen) atoms. The third kappa shape index (κ3) is 3.39. The Bertz CT molecular complexity index is 1140. The second-order valence-electron chi connectivity index (χ2n) is 8.46. The summed E-state index contributed by atoms with van der Waals surface area (Å²) in [6.45, 7) is 6.34. The zero-order valence-corrected chi connectivity index (χ0v) is 17.8. The molecule has 0 radical (unpaired) electrons. The number of ether oxygens (including phenoxy) is 1. The van der Waals surface area contributed by atoms with Crippen molar-refractivity contribution in [1.82, 2.24) is 19.7 Å². The topological polar surface area (TPSA) is 46.1 Å². The van der Waals surface area contributed by atoms with Crippen molar-refractivity contribution in [3.63, 3.8) is 0 Å². The van der Waals surface area contributed by atoms with Gasteiger partial charge in [0.15, 0.2) is 0 Å². The van der Waals surface area contributed by atoms with Crippen LogP contribution < -0.4 is 4.74 Å². The number of aromatic amines is 1. The normalized spacial score (nSPS) is 20.0. The Labute approximate surface area is 177 Å². The first kappa shape index (κ1) is 18.9. The van der Waals surface area contributed by atoms with Gasteiger partial charge >= 0.3 is 0 Å². The molecule has 2 aromatic carbocycles. The SMILES string of the molecule is Cc1cc(C)c2[nH]ccc2c1O[C@@H]1CCN(C)C[C@H]1c1ccc(-n2cccn2)cc1. The van der Waals surface area contributed by atoms with Crippen LogP contribution in [-0.2, 0) is 0 Å². The highest BCUT2D eigenvalue weighted by molar-refractivity contribution is 5.89. The van der Waals surface area contributed by atoms with Crippen molar-refractivity contribution in [2.45, 2.75) is 32.3 Å². The van der Waals surface area contributed by atoms with Crippen LogP contribution in [0.4, 0.5) is 0 Å². The van der Waals surface area contributed by atoms with Crippen LogP contribution >= 0.6 is 0 Å². The first-order valence-electron chi connectivity index (χ1n) is 10.6. The van der Waals surface area contributed by atoms with Crippen molar-refractivity contribution in [2.75, 3.05) is 20.1 Å². The Morgan fingerprint density at radius 1 is 1.10 bits per heavy atom. The third-order valence-electron chi connectivity index (χ3n) is 6.29. The number of fused-ring (bicyclic) bond motifs is 1. The number of nitrogens with zero attached hydrogens (tertiary/aromatic N) is 3. The molecule has 154 valence electrons. The van der Waals surface area contributed by atoms with Gasteiger partial charge in [-0.05, 0) is 68.3 Å². The molecule has 0 bridgehead atoms. The minimum absolute atomic E-state index is 0.149. The van der Waals surface area contributed by atoms with Gasteiger partial charge in [-0.25, -0.2) is 4.68 Å². The molecule has 1 aliphatic heterocycles. The van der Waals surface area contributed by atoms with E-state index >= 15 is 0 Å². The van der Waals surface area contributed by atoms with Crippen molar-refractivity contribution in [2.24, 2.45) is 0 Å². The van der Waals surface area contributed by atoms with Crippen LogP contribution in [0.5, 0.6) is 5.75 Å². The van der Waals surface area contributed by atoms with Gasteiger partial charge < -0.3 is 14.6 Å². The van der Waals surface area contributed by atoms with E-state index in [1.165, 1.54) is 27.6 Å². The standard InChI is InChI=1S/C25H28N4O/c1-17-15-18(2)25(21-9-12-26-24(17)21)30-23-10-14-28(3)16-22(23)19-5-7-20(8-6-19)29-13-4-11-27-29/h4-9,11-13,15,22-23,26H,10,14,16H2,1-3H3/t22-,23+/m0/s1. The summed E-state index contributed by atoms with van der Waals surface area (Å²) in [5.74, 6) is 1.34. The number of likely N-dealkylation sites (N-methyl/N-ethyl adjacent to an activating group) is 1. The van der Waals surface area contributed by atoms with Crippen molar-refractivity contribution in [3.8, 4) is 11.4 Å². The highest BCUT2D eigenvalue weighted by atomic mass is 16.5. The zero-order chi connectivity index (χ0) is 20.7. The Balaban J connectivity index is 1.46. The number of likely N-dealkylation sites (tertiary alicyclic amines) is 1. The van der Waals surface area contributed by atoms with E-state index in [9.17, 15) is 0 Å². The summed E-state index contributed by atoms with van der Waals surface area (Å²) in [6, 6.07) is 15.0. The van der Waals surface area contributed by atoms with E-state index in [-0.39, 0.29) is 6.10 Å². The minimum Gasteiger partial charge on any atom is -0.489 e. The summed E-state index contributed by atoms with van der Waals surface area (Å²) in [5.41, 5.74) is 6.02. The predicted molar refractivity (Wildman–Crippen MR) is 121 cm³/mol. The lowest BCUT2D eigenvalue weighted by molar-refractivity contribution is 0.0909. The second kappa shape index (κ2) is 7.65. The van der Waals surface area contributed by atoms with E-state index < -0.39 is 0 Å². The van der Waals surface area contributed by atoms with Crippen LogP contribution in [0, 0.1) is 13.8 Å². The van der Waals surface area contributed by atoms with Crippen LogP contribution in [-0.4, -0.2) is 45.9 Å². The van der Waals surface area contributed by atoms with Gasteiger partial charge in [0.1, 0.15) is 11.9 Å².